The minimum Gasteiger partial charge on any atom is -0.366 e. The third-order valence-electron chi connectivity index (χ3n) is 3.88. The van der Waals surface area contributed by atoms with E-state index in [0.717, 1.165) is 30.5 Å². The second kappa shape index (κ2) is 4.17. The van der Waals surface area contributed by atoms with Crippen LogP contribution in [0.1, 0.15) is 56.0 Å². The van der Waals surface area contributed by atoms with Crippen molar-refractivity contribution in [1.82, 2.24) is 0 Å². The fraction of sp³-hybridized carbons (Fsp3) is 0.533. The van der Waals surface area contributed by atoms with Gasteiger partial charge in [-0.2, -0.15) is 0 Å². The average molecular weight is 231 g/mol. The Morgan fingerprint density at radius 3 is 2.76 bits per heavy atom. The molecule has 17 heavy (non-hydrogen) atoms. The third kappa shape index (κ3) is 1.86. The number of carbonyl (C=O) groups is 1. The first-order valence-corrected chi connectivity index (χ1v) is 6.37. The maximum atomic E-state index is 11.2. The van der Waals surface area contributed by atoms with Crippen molar-refractivity contribution in [3.8, 4) is 0 Å². The first-order valence-electron chi connectivity index (χ1n) is 6.37. The highest BCUT2D eigenvalue weighted by Gasteiger charge is 2.36. The zero-order valence-corrected chi connectivity index (χ0v) is 11.2. The largest absolute Gasteiger partial charge is 0.366 e. The lowest BCUT2D eigenvalue weighted by Gasteiger charge is -2.47. The zero-order chi connectivity index (χ0) is 12.6. The van der Waals surface area contributed by atoms with Crippen molar-refractivity contribution < 1.29 is 4.79 Å². The Morgan fingerprint density at radius 2 is 2.18 bits per heavy atom. The van der Waals surface area contributed by atoms with Crippen LogP contribution in [0.2, 0.25) is 0 Å². The molecular weight excluding hydrogens is 210 g/mol. The Bertz CT molecular complexity index is 437. The molecule has 0 spiro atoms. The molecule has 92 valence electrons. The molecular formula is C15H21NO. The molecule has 1 aliphatic rings. The number of anilines is 1. The predicted octanol–water partition coefficient (Wildman–Crippen LogP) is 3.61. The maximum Gasteiger partial charge on any atom is 0.152 e. The van der Waals surface area contributed by atoms with Crippen molar-refractivity contribution in [3.05, 3.63) is 29.3 Å². The first-order chi connectivity index (χ1) is 8.01. The van der Waals surface area contributed by atoms with Gasteiger partial charge in [-0.05, 0) is 44.7 Å². The number of nitrogens with zero attached hydrogens (tertiary/aromatic N) is 1. The molecule has 0 fully saturated rings. The summed E-state index contributed by atoms with van der Waals surface area (Å²) in [6.07, 6.45) is 2.12. The molecule has 1 heterocycles. The van der Waals surface area contributed by atoms with E-state index in [2.05, 4.69) is 38.7 Å². The summed E-state index contributed by atoms with van der Waals surface area (Å²) >= 11 is 0. The summed E-state index contributed by atoms with van der Waals surface area (Å²) < 4.78 is 0. The molecule has 0 radical (unpaired) electrons. The Kier molecular flexibility index (Phi) is 2.98. The van der Waals surface area contributed by atoms with Gasteiger partial charge in [0.25, 0.3) is 0 Å². The Balaban J connectivity index is 2.65. The highest BCUT2D eigenvalue weighted by atomic mass is 16.1. The van der Waals surface area contributed by atoms with Gasteiger partial charge in [0.2, 0.25) is 0 Å². The molecule has 2 nitrogen and oxygen atoms in total. The number of para-hydroxylation sites is 1. The smallest absolute Gasteiger partial charge is 0.152 e. The van der Waals surface area contributed by atoms with Gasteiger partial charge < -0.3 is 4.90 Å². The summed E-state index contributed by atoms with van der Waals surface area (Å²) in [6, 6.07) is 6.07. The molecule has 0 bridgehead atoms. The lowest BCUT2D eigenvalue weighted by Crippen LogP contribution is -2.48. The van der Waals surface area contributed by atoms with E-state index in [0.29, 0.717) is 5.92 Å². The number of aldehydes is 1. The van der Waals surface area contributed by atoms with Gasteiger partial charge in [0.05, 0.1) is 5.69 Å². The first kappa shape index (κ1) is 12.2. The lowest BCUT2D eigenvalue weighted by molar-refractivity contribution is 0.112. The highest BCUT2D eigenvalue weighted by Crippen LogP contribution is 2.44. The molecule has 1 aliphatic heterocycles. The number of hydrogen-bond acceptors (Lipinski definition) is 2. The van der Waals surface area contributed by atoms with Crippen LogP contribution in [0.4, 0.5) is 5.69 Å². The van der Waals surface area contributed by atoms with Crippen LogP contribution < -0.4 is 4.90 Å². The Morgan fingerprint density at radius 1 is 1.47 bits per heavy atom. The van der Waals surface area contributed by atoms with Gasteiger partial charge >= 0.3 is 0 Å². The molecule has 0 amide bonds. The van der Waals surface area contributed by atoms with Gasteiger partial charge in [-0.3, -0.25) is 4.79 Å². The monoisotopic (exact) mass is 231 g/mol. The summed E-state index contributed by atoms with van der Waals surface area (Å²) in [6.45, 7) is 9.87. The van der Waals surface area contributed by atoms with Crippen molar-refractivity contribution in [2.75, 3.05) is 11.4 Å². The predicted molar refractivity (Wildman–Crippen MR) is 72.0 cm³/mol. The Labute approximate surface area is 104 Å². The summed E-state index contributed by atoms with van der Waals surface area (Å²) in [5.74, 6) is 0.516. The molecule has 0 saturated carbocycles. The maximum absolute atomic E-state index is 11.2. The van der Waals surface area contributed by atoms with Crippen molar-refractivity contribution >= 4 is 12.0 Å². The number of benzene rings is 1. The topological polar surface area (TPSA) is 20.3 Å². The van der Waals surface area contributed by atoms with Gasteiger partial charge in [0.15, 0.2) is 6.29 Å². The van der Waals surface area contributed by atoms with E-state index < -0.39 is 0 Å². The number of fused-ring (bicyclic) bond motifs is 1. The standard InChI is InChI=1S/C15H21NO/c1-5-16-14-12(10-17)7-6-8-13(14)11(2)9-15(16,3)4/h6-8,10-11H,5,9H2,1-4H3. The Hall–Kier alpha value is -1.31. The summed E-state index contributed by atoms with van der Waals surface area (Å²) in [5.41, 5.74) is 3.41. The van der Waals surface area contributed by atoms with Gasteiger partial charge in [-0.1, -0.05) is 19.1 Å². The zero-order valence-electron chi connectivity index (χ0n) is 11.2. The third-order valence-corrected chi connectivity index (χ3v) is 3.88. The fourth-order valence-electron chi connectivity index (χ4n) is 3.24. The quantitative estimate of drug-likeness (QED) is 0.725. The van der Waals surface area contributed by atoms with E-state index in [4.69, 9.17) is 0 Å². The SMILES string of the molecule is CCN1c2c(C=O)cccc2C(C)CC1(C)C. The summed E-state index contributed by atoms with van der Waals surface area (Å²) in [7, 11) is 0. The van der Waals surface area contributed by atoms with Crippen molar-refractivity contribution in [2.45, 2.75) is 45.6 Å². The molecule has 0 saturated heterocycles. The van der Waals surface area contributed by atoms with E-state index in [9.17, 15) is 4.79 Å². The van der Waals surface area contributed by atoms with Crippen LogP contribution in [0.3, 0.4) is 0 Å². The van der Waals surface area contributed by atoms with Crippen LogP contribution in [0.25, 0.3) is 0 Å². The molecule has 1 atom stereocenters. The molecule has 2 heteroatoms. The number of carbonyl (C=O) groups excluding carboxylic acids is 1. The van der Waals surface area contributed by atoms with Gasteiger partial charge in [-0.25, -0.2) is 0 Å². The molecule has 0 aliphatic carbocycles. The highest BCUT2D eigenvalue weighted by molar-refractivity contribution is 5.87. The van der Waals surface area contributed by atoms with Crippen LogP contribution in [0.15, 0.2) is 18.2 Å². The molecule has 2 rings (SSSR count). The van der Waals surface area contributed by atoms with E-state index >= 15 is 0 Å². The van der Waals surface area contributed by atoms with Gasteiger partial charge in [0, 0.05) is 17.6 Å². The van der Waals surface area contributed by atoms with Gasteiger partial charge in [-0.15, -0.1) is 0 Å². The minimum atomic E-state index is 0.125. The molecule has 0 N–H and O–H groups in total. The van der Waals surface area contributed by atoms with Crippen LogP contribution in [-0.4, -0.2) is 18.4 Å². The van der Waals surface area contributed by atoms with Crippen molar-refractivity contribution in [3.63, 3.8) is 0 Å². The second-order valence-electron chi connectivity index (χ2n) is 5.56. The van der Waals surface area contributed by atoms with E-state index in [-0.39, 0.29) is 5.54 Å². The van der Waals surface area contributed by atoms with Crippen LogP contribution >= 0.6 is 0 Å². The lowest BCUT2D eigenvalue weighted by atomic mass is 9.79. The number of hydrogen-bond donors (Lipinski definition) is 0. The van der Waals surface area contributed by atoms with Crippen LogP contribution in [0, 0.1) is 0 Å². The van der Waals surface area contributed by atoms with Crippen LogP contribution in [-0.2, 0) is 0 Å². The average Bonchev–Trinajstić information content (AvgIpc) is 2.27. The van der Waals surface area contributed by atoms with Crippen molar-refractivity contribution in [1.29, 1.82) is 0 Å². The van der Waals surface area contributed by atoms with Crippen molar-refractivity contribution in [2.24, 2.45) is 0 Å². The summed E-state index contributed by atoms with van der Waals surface area (Å²) in [5, 5.41) is 0. The number of rotatable bonds is 2. The molecule has 1 unspecified atom stereocenters. The molecule has 1 aromatic carbocycles. The molecule has 1 aromatic rings. The van der Waals surface area contributed by atoms with E-state index in [1.807, 2.05) is 12.1 Å². The minimum absolute atomic E-state index is 0.125. The summed E-state index contributed by atoms with van der Waals surface area (Å²) in [4.78, 5) is 13.6. The second-order valence-corrected chi connectivity index (χ2v) is 5.56. The van der Waals surface area contributed by atoms with E-state index in [1.165, 1.54) is 5.56 Å². The van der Waals surface area contributed by atoms with Gasteiger partial charge in [0.1, 0.15) is 0 Å². The van der Waals surface area contributed by atoms with Crippen LogP contribution in [0.5, 0.6) is 0 Å². The van der Waals surface area contributed by atoms with E-state index in [1.54, 1.807) is 0 Å². The normalized spacial score (nSPS) is 22.1. The molecule has 0 aromatic heterocycles. The fourth-order valence-corrected chi connectivity index (χ4v) is 3.24.